The first-order valence-corrected chi connectivity index (χ1v) is 6.66. The number of aryl methyl sites for hydroxylation is 1. The Balaban J connectivity index is 1.93. The van der Waals surface area contributed by atoms with Crippen molar-refractivity contribution in [3.8, 4) is 16.9 Å². The molecule has 1 heterocycles. The summed E-state index contributed by atoms with van der Waals surface area (Å²) in [6.07, 6.45) is 3.67. The molecule has 0 fully saturated rings. The Hall–Kier alpha value is -2.56. The lowest BCUT2D eigenvalue weighted by atomic mass is 10.1. The van der Waals surface area contributed by atoms with E-state index in [-0.39, 0.29) is 6.67 Å². The van der Waals surface area contributed by atoms with Gasteiger partial charge in [-0.25, -0.2) is 0 Å². The van der Waals surface area contributed by atoms with Crippen LogP contribution in [0.5, 0.6) is 5.75 Å². The molecule has 0 saturated carbocycles. The molecule has 0 radical (unpaired) electrons. The van der Waals surface area contributed by atoms with E-state index >= 15 is 0 Å². The molecule has 0 aliphatic heterocycles. The van der Waals surface area contributed by atoms with E-state index in [4.69, 9.17) is 10.3 Å². The van der Waals surface area contributed by atoms with Gasteiger partial charge in [-0.3, -0.25) is 4.98 Å². The number of hydrogen-bond acceptors (Lipinski definition) is 4. The van der Waals surface area contributed by atoms with E-state index < -0.39 is 0 Å². The van der Waals surface area contributed by atoms with Crippen molar-refractivity contribution < 1.29 is 4.74 Å². The molecular weight excluding hydrogens is 266 g/mol. The number of rotatable bonds is 7. The maximum absolute atomic E-state index is 8.14. The summed E-state index contributed by atoms with van der Waals surface area (Å²) in [5.74, 6) is 0.805. The van der Waals surface area contributed by atoms with Gasteiger partial charge in [0.15, 0.2) is 0 Å². The SMILES string of the molecule is Cc1cncc(-c2cccc(OCCNCN=[N+]=[N-])c2)c1. The minimum absolute atomic E-state index is 0.273. The third kappa shape index (κ3) is 4.80. The molecule has 0 aliphatic carbocycles. The lowest BCUT2D eigenvalue weighted by Crippen LogP contribution is -2.20. The number of nitrogens with zero attached hydrogens (tertiary/aromatic N) is 4. The summed E-state index contributed by atoms with van der Waals surface area (Å²) < 4.78 is 5.66. The lowest BCUT2D eigenvalue weighted by molar-refractivity contribution is 0.315. The third-order valence-electron chi connectivity index (χ3n) is 2.84. The Morgan fingerprint density at radius 2 is 2.19 bits per heavy atom. The fourth-order valence-corrected chi connectivity index (χ4v) is 1.88. The molecule has 1 aromatic heterocycles. The molecule has 1 N–H and O–H groups in total. The number of nitrogens with one attached hydrogen (secondary N) is 1. The van der Waals surface area contributed by atoms with Gasteiger partial charge in [0.25, 0.3) is 0 Å². The first-order chi connectivity index (χ1) is 10.3. The summed E-state index contributed by atoms with van der Waals surface area (Å²) >= 11 is 0. The molecule has 0 amide bonds. The molecule has 0 aliphatic rings. The summed E-state index contributed by atoms with van der Waals surface area (Å²) in [5.41, 5.74) is 11.4. The second-order valence-corrected chi connectivity index (χ2v) is 4.52. The summed E-state index contributed by atoms with van der Waals surface area (Å²) in [7, 11) is 0. The first-order valence-electron chi connectivity index (χ1n) is 6.66. The van der Waals surface area contributed by atoms with Crippen LogP contribution in [-0.2, 0) is 0 Å². The Kier molecular flexibility index (Phi) is 5.58. The van der Waals surface area contributed by atoms with Crippen molar-refractivity contribution in [1.82, 2.24) is 10.3 Å². The number of ether oxygens (including phenoxy) is 1. The fraction of sp³-hybridized carbons (Fsp3) is 0.267. The molecular formula is C15H17N5O. The molecule has 0 unspecified atom stereocenters. The van der Waals surface area contributed by atoms with Crippen molar-refractivity contribution in [3.05, 3.63) is 58.7 Å². The quantitative estimate of drug-likeness (QED) is 0.366. The van der Waals surface area contributed by atoms with Crippen molar-refractivity contribution in [2.45, 2.75) is 6.92 Å². The predicted molar refractivity (Wildman–Crippen MR) is 81.9 cm³/mol. The van der Waals surface area contributed by atoms with Gasteiger partial charge in [-0.2, -0.15) is 0 Å². The van der Waals surface area contributed by atoms with Gasteiger partial charge in [-0.05, 0) is 41.8 Å². The highest BCUT2D eigenvalue weighted by Gasteiger charge is 2.01. The van der Waals surface area contributed by atoms with E-state index in [9.17, 15) is 0 Å². The fourth-order valence-electron chi connectivity index (χ4n) is 1.88. The number of aromatic nitrogens is 1. The Morgan fingerprint density at radius 3 is 3.00 bits per heavy atom. The second-order valence-electron chi connectivity index (χ2n) is 4.52. The van der Waals surface area contributed by atoms with Gasteiger partial charge in [0.1, 0.15) is 12.4 Å². The number of hydrogen-bond donors (Lipinski definition) is 1. The summed E-state index contributed by atoms with van der Waals surface area (Å²) in [6.45, 7) is 3.42. The predicted octanol–water partition coefficient (Wildman–Crippen LogP) is 3.29. The molecule has 0 atom stereocenters. The zero-order valence-corrected chi connectivity index (χ0v) is 11.9. The van der Waals surface area contributed by atoms with Crippen molar-refractivity contribution >= 4 is 0 Å². The van der Waals surface area contributed by atoms with Crippen molar-refractivity contribution in [3.63, 3.8) is 0 Å². The Labute approximate surface area is 123 Å². The zero-order valence-electron chi connectivity index (χ0n) is 11.9. The van der Waals surface area contributed by atoms with Crippen LogP contribution in [-0.4, -0.2) is 24.8 Å². The highest BCUT2D eigenvalue weighted by molar-refractivity contribution is 5.64. The van der Waals surface area contributed by atoms with Gasteiger partial charge in [-0.15, -0.1) is 0 Å². The van der Waals surface area contributed by atoms with Gasteiger partial charge >= 0.3 is 0 Å². The minimum atomic E-state index is 0.273. The van der Waals surface area contributed by atoms with Crippen molar-refractivity contribution in [2.24, 2.45) is 5.11 Å². The maximum Gasteiger partial charge on any atom is 0.119 e. The van der Waals surface area contributed by atoms with Crippen LogP contribution in [0.15, 0.2) is 47.8 Å². The highest BCUT2D eigenvalue weighted by atomic mass is 16.5. The van der Waals surface area contributed by atoms with Crippen LogP contribution in [0, 0.1) is 6.92 Å². The largest absolute Gasteiger partial charge is 0.492 e. The smallest absolute Gasteiger partial charge is 0.119 e. The minimum Gasteiger partial charge on any atom is -0.492 e. The second kappa shape index (κ2) is 7.89. The van der Waals surface area contributed by atoms with E-state index in [1.165, 1.54) is 0 Å². The van der Waals surface area contributed by atoms with Crippen molar-refractivity contribution in [2.75, 3.05) is 19.8 Å². The average molecular weight is 283 g/mol. The molecule has 0 saturated heterocycles. The van der Waals surface area contributed by atoms with E-state index in [1.807, 2.05) is 43.6 Å². The average Bonchev–Trinajstić information content (AvgIpc) is 2.51. The van der Waals surface area contributed by atoms with Gasteiger partial charge in [0, 0.05) is 29.4 Å². The number of benzene rings is 1. The van der Waals surface area contributed by atoms with E-state index in [0.717, 1.165) is 22.4 Å². The zero-order chi connectivity index (χ0) is 14.9. The molecule has 108 valence electrons. The van der Waals surface area contributed by atoms with Gasteiger partial charge < -0.3 is 10.1 Å². The summed E-state index contributed by atoms with van der Waals surface area (Å²) in [4.78, 5) is 6.86. The molecule has 6 nitrogen and oxygen atoms in total. The number of pyridine rings is 1. The molecule has 1 aromatic carbocycles. The van der Waals surface area contributed by atoms with Crippen LogP contribution < -0.4 is 10.1 Å². The van der Waals surface area contributed by atoms with Gasteiger partial charge in [-0.1, -0.05) is 17.2 Å². The molecule has 2 aromatic rings. The van der Waals surface area contributed by atoms with Crippen LogP contribution >= 0.6 is 0 Å². The highest BCUT2D eigenvalue weighted by Crippen LogP contribution is 2.23. The summed E-state index contributed by atoms with van der Waals surface area (Å²) in [5, 5.41) is 6.34. The normalized spacial score (nSPS) is 9.95. The Morgan fingerprint density at radius 1 is 1.29 bits per heavy atom. The Bertz CT molecular complexity index is 637. The van der Waals surface area contributed by atoms with Crippen LogP contribution in [0.4, 0.5) is 0 Å². The van der Waals surface area contributed by atoms with Crippen LogP contribution in [0.2, 0.25) is 0 Å². The molecule has 2 rings (SSSR count). The van der Waals surface area contributed by atoms with Crippen LogP contribution in [0.1, 0.15) is 5.56 Å². The van der Waals surface area contributed by atoms with Gasteiger partial charge in [0.2, 0.25) is 0 Å². The third-order valence-corrected chi connectivity index (χ3v) is 2.84. The maximum atomic E-state index is 8.14. The topological polar surface area (TPSA) is 82.9 Å². The number of azide groups is 1. The standard InChI is InChI=1S/C15H17N5O/c1-12-7-14(10-18-9-12)13-3-2-4-15(8-13)21-6-5-17-11-19-20-16/h2-4,7-10,17H,5-6,11H2,1H3. The lowest BCUT2D eigenvalue weighted by Gasteiger charge is -2.08. The van der Waals surface area contributed by atoms with E-state index in [1.54, 1.807) is 0 Å². The van der Waals surface area contributed by atoms with Crippen molar-refractivity contribution in [1.29, 1.82) is 0 Å². The summed E-state index contributed by atoms with van der Waals surface area (Å²) in [6, 6.07) is 9.99. The van der Waals surface area contributed by atoms with E-state index in [0.29, 0.717) is 13.2 Å². The molecule has 0 bridgehead atoms. The molecule has 21 heavy (non-hydrogen) atoms. The molecule has 6 heteroatoms. The van der Waals surface area contributed by atoms with Crippen LogP contribution in [0.25, 0.3) is 21.6 Å². The van der Waals surface area contributed by atoms with Crippen LogP contribution in [0.3, 0.4) is 0 Å². The monoisotopic (exact) mass is 283 g/mol. The molecule has 0 spiro atoms. The first kappa shape index (κ1) is 14.8. The van der Waals surface area contributed by atoms with E-state index in [2.05, 4.69) is 26.4 Å². The van der Waals surface area contributed by atoms with Gasteiger partial charge in [0.05, 0.1) is 6.67 Å².